The highest BCUT2D eigenvalue weighted by Crippen LogP contribution is 2.37. The molecule has 2 aliphatic rings. The molecule has 3 atom stereocenters. The van der Waals surface area contributed by atoms with Crippen LogP contribution in [-0.2, 0) is 9.59 Å². The van der Waals surface area contributed by atoms with Crippen LogP contribution in [0, 0.1) is 29.4 Å². The normalized spacial score (nSPS) is 20.2. The molecule has 1 aromatic carbocycles. The van der Waals surface area contributed by atoms with Crippen molar-refractivity contribution in [3.8, 4) is 0 Å². The van der Waals surface area contributed by atoms with Gasteiger partial charge in [0.15, 0.2) is 17.4 Å². The molecule has 1 aliphatic heterocycles. The maximum Gasteiger partial charge on any atom is 0.475 e. The third kappa shape index (κ3) is 6.26. The van der Waals surface area contributed by atoms with Crippen molar-refractivity contribution in [2.45, 2.75) is 64.4 Å². The van der Waals surface area contributed by atoms with Crippen LogP contribution in [0.4, 0.5) is 14.5 Å². The Kier molecular flexibility index (Phi) is 7.70. The lowest BCUT2D eigenvalue weighted by Gasteiger charge is -2.42. The van der Waals surface area contributed by atoms with Crippen molar-refractivity contribution in [2.75, 3.05) is 11.4 Å². The maximum atomic E-state index is 13.6. The molecule has 6 nitrogen and oxygen atoms in total. The van der Waals surface area contributed by atoms with Crippen LogP contribution < -0.4 is 10.2 Å². The summed E-state index contributed by atoms with van der Waals surface area (Å²) in [6, 6.07) is 3.12. The van der Waals surface area contributed by atoms with Crippen LogP contribution in [-0.4, -0.2) is 47.4 Å². The SMILES string of the molecule is CC(C)C[C@@H](NC(=O)[C@@H](CC(=O)[C@@H]1CCN1c1ccc(F)c(F)c1)CC1CC1)B(O)O. The van der Waals surface area contributed by atoms with Gasteiger partial charge in [0.2, 0.25) is 5.91 Å². The minimum Gasteiger partial charge on any atom is -0.426 e. The third-order valence-corrected chi connectivity index (χ3v) is 6.17. The standard InChI is InChI=1S/C22H31BF2N2O4/c1-13(2)9-21(23(30)31)26-22(29)15(10-14-3-4-14)11-20(28)19-7-8-27(19)16-5-6-17(24)18(25)12-16/h5-6,12-15,19,21,30-31H,3-4,7-11H2,1-2H3,(H,26,29)/t15-,19+,21-/m1/s1. The number of carbonyl (C=O) groups excluding carboxylic acids is 2. The summed E-state index contributed by atoms with van der Waals surface area (Å²) in [5.41, 5.74) is 0.451. The molecule has 0 spiro atoms. The van der Waals surface area contributed by atoms with E-state index in [1.54, 1.807) is 4.90 Å². The van der Waals surface area contributed by atoms with Gasteiger partial charge in [0.05, 0.1) is 12.0 Å². The van der Waals surface area contributed by atoms with Crippen molar-refractivity contribution < 1.29 is 28.4 Å². The number of benzene rings is 1. The summed E-state index contributed by atoms with van der Waals surface area (Å²) >= 11 is 0. The Balaban J connectivity index is 1.65. The molecule has 2 fully saturated rings. The van der Waals surface area contributed by atoms with Gasteiger partial charge in [-0.05, 0) is 43.2 Å². The number of nitrogens with one attached hydrogen (secondary N) is 1. The number of nitrogens with zero attached hydrogens (tertiary/aromatic N) is 1. The van der Waals surface area contributed by atoms with Crippen molar-refractivity contribution in [1.82, 2.24) is 5.32 Å². The van der Waals surface area contributed by atoms with E-state index in [9.17, 15) is 28.4 Å². The van der Waals surface area contributed by atoms with Crippen molar-refractivity contribution >= 4 is 24.5 Å². The maximum absolute atomic E-state index is 13.6. The molecular formula is C22H31BF2N2O4. The summed E-state index contributed by atoms with van der Waals surface area (Å²) in [6.45, 7) is 4.42. The zero-order valence-corrected chi connectivity index (χ0v) is 18.1. The van der Waals surface area contributed by atoms with Crippen LogP contribution in [0.2, 0.25) is 0 Å². The average molecular weight is 436 g/mol. The first-order valence-corrected chi connectivity index (χ1v) is 11.1. The molecule has 31 heavy (non-hydrogen) atoms. The van der Waals surface area contributed by atoms with Crippen molar-refractivity contribution in [3.05, 3.63) is 29.8 Å². The minimum absolute atomic E-state index is 0.0447. The van der Waals surface area contributed by atoms with Crippen LogP contribution in [0.25, 0.3) is 0 Å². The molecule has 1 heterocycles. The van der Waals surface area contributed by atoms with E-state index >= 15 is 0 Å². The fourth-order valence-electron chi connectivity index (χ4n) is 4.18. The summed E-state index contributed by atoms with van der Waals surface area (Å²) < 4.78 is 26.8. The minimum atomic E-state index is -1.67. The zero-order valence-electron chi connectivity index (χ0n) is 18.1. The third-order valence-electron chi connectivity index (χ3n) is 6.17. The number of carbonyl (C=O) groups is 2. The van der Waals surface area contributed by atoms with Gasteiger partial charge >= 0.3 is 7.12 Å². The molecule has 0 radical (unpaired) electrons. The molecule has 1 aromatic rings. The van der Waals surface area contributed by atoms with Gasteiger partial charge in [0.1, 0.15) is 0 Å². The zero-order chi connectivity index (χ0) is 22.7. The van der Waals surface area contributed by atoms with Gasteiger partial charge in [0.25, 0.3) is 0 Å². The summed E-state index contributed by atoms with van der Waals surface area (Å²) in [5, 5.41) is 22.0. The molecule has 1 saturated heterocycles. The van der Waals surface area contributed by atoms with Gasteiger partial charge in [-0.2, -0.15) is 0 Å². The molecular weight excluding hydrogens is 405 g/mol. The van der Waals surface area contributed by atoms with E-state index in [1.165, 1.54) is 6.07 Å². The second kappa shape index (κ2) is 10.1. The number of ketones is 1. The fourth-order valence-corrected chi connectivity index (χ4v) is 4.18. The Labute approximate surface area is 182 Å². The number of amides is 1. The highest BCUT2D eigenvalue weighted by Gasteiger charge is 2.39. The highest BCUT2D eigenvalue weighted by molar-refractivity contribution is 6.43. The van der Waals surface area contributed by atoms with Crippen LogP contribution in [0.3, 0.4) is 0 Å². The number of hydrogen-bond donors (Lipinski definition) is 3. The van der Waals surface area contributed by atoms with E-state index in [0.717, 1.165) is 25.0 Å². The van der Waals surface area contributed by atoms with Gasteiger partial charge in [-0.25, -0.2) is 8.78 Å². The van der Waals surface area contributed by atoms with Gasteiger partial charge in [0, 0.05) is 30.6 Å². The molecule has 3 N–H and O–H groups in total. The molecule has 0 aromatic heterocycles. The molecule has 0 bridgehead atoms. The monoisotopic (exact) mass is 436 g/mol. The molecule has 1 amide bonds. The summed E-state index contributed by atoms with van der Waals surface area (Å²) in [6.07, 6.45) is 3.70. The second-order valence-electron chi connectivity index (χ2n) is 9.30. The lowest BCUT2D eigenvalue weighted by Crippen LogP contribution is -2.54. The summed E-state index contributed by atoms with van der Waals surface area (Å²) in [4.78, 5) is 27.6. The highest BCUT2D eigenvalue weighted by atomic mass is 19.2. The van der Waals surface area contributed by atoms with E-state index in [0.29, 0.717) is 37.4 Å². The topological polar surface area (TPSA) is 89.9 Å². The first-order chi connectivity index (χ1) is 14.7. The Bertz CT molecular complexity index is 804. The van der Waals surface area contributed by atoms with Crippen molar-refractivity contribution in [3.63, 3.8) is 0 Å². The predicted octanol–water partition coefficient (Wildman–Crippen LogP) is 2.46. The Hall–Kier alpha value is -2.00. The number of rotatable bonds is 11. The van der Waals surface area contributed by atoms with Gasteiger partial charge in [-0.3, -0.25) is 9.59 Å². The molecule has 0 unspecified atom stereocenters. The first kappa shape index (κ1) is 23.7. The molecule has 1 aliphatic carbocycles. The Morgan fingerprint density at radius 1 is 1.19 bits per heavy atom. The van der Waals surface area contributed by atoms with E-state index < -0.39 is 36.7 Å². The van der Waals surface area contributed by atoms with Crippen LogP contribution >= 0.6 is 0 Å². The Morgan fingerprint density at radius 2 is 1.90 bits per heavy atom. The number of anilines is 1. The predicted molar refractivity (Wildman–Crippen MR) is 114 cm³/mol. The fraction of sp³-hybridized carbons (Fsp3) is 0.636. The van der Waals surface area contributed by atoms with Crippen molar-refractivity contribution in [1.29, 1.82) is 0 Å². The first-order valence-electron chi connectivity index (χ1n) is 11.1. The van der Waals surface area contributed by atoms with E-state index in [4.69, 9.17) is 0 Å². The second-order valence-corrected chi connectivity index (χ2v) is 9.30. The molecule has 3 rings (SSSR count). The number of halogens is 2. The van der Waals surface area contributed by atoms with Gasteiger partial charge in [-0.1, -0.05) is 26.7 Å². The van der Waals surface area contributed by atoms with Crippen molar-refractivity contribution in [2.24, 2.45) is 17.8 Å². The van der Waals surface area contributed by atoms with Gasteiger partial charge < -0.3 is 20.3 Å². The molecule has 9 heteroatoms. The molecule has 170 valence electrons. The molecule has 1 saturated carbocycles. The lowest BCUT2D eigenvalue weighted by atomic mass is 9.74. The Morgan fingerprint density at radius 3 is 2.42 bits per heavy atom. The van der Waals surface area contributed by atoms with E-state index in [-0.39, 0.29) is 24.0 Å². The van der Waals surface area contributed by atoms with Crippen LogP contribution in [0.15, 0.2) is 18.2 Å². The quantitative estimate of drug-likeness (QED) is 0.464. The largest absolute Gasteiger partial charge is 0.475 e. The van der Waals surface area contributed by atoms with E-state index in [2.05, 4.69) is 5.32 Å². The lowest BCUT2D eigenvalue weighted by molar-refractivity contribution is -0.131. The van der Waals surface area contributed by atoms with Crippen LogP contribution in [0.5, 0.6) is 0 Å². The number of hydrogen-bond acceptors (Lipinski definition) is 5. The smallest absolute Gasteiger partial charge is 0.426 e. The number of Topliss-reactive ketones (excluding diaryl/α,β-unsaturated/α-hetero) is 1. The summed E-state index contributed by atoms with van der Waals surface area (Å²) in [7, 11) is -1.67. The summed E-state index contributed by atoms with van der Waals surface area (Å²) in [5.74, 6) is -3.09. The average Bonchev–Trinajstić information content (AvgIpc) is 3.46. The van der Waals surface area contributed by atoms with Gasteiger partial charge in [-0.15, -0.1) is 0 Å². The van der Waals surface area contributed by atoms with E-state index in [1.807, 2.05) is 13.8 Å². The van der Waals surface area contributed by atoms with Crippen LogP contribution in [0.1, 0.15) is 52.4 Å².